The molecule has 9 heteroatoms. The van der Waals surface area contributed by atoms with Crippen molar-refractivity contribution in [1.82, 2.24) is 21.3 Å². The number of carbonyl (C=O) groups excluding carboxylic acids is 2. The summed E-state index contributed by atoms with van der Waals surface area (Å²) in [6.07, 6.45) is 36.8. The highest BCUT2D eigenvalue weighted by Crippen LogP contribution is 2.14. The van der Waals surface area contributed by atoms with Crippen LogP contribution in [0.2, 0.25) is 0 Å². The van der Waals surface area contributed by atoms with E-state index in [2.05, 4.69) is 35.1 Å². The summed E-state index contributed by atoms with van der Waals surface area (Å²) in [4.78, 5) is 23.4. The van der Waals surface area contributed by atoms with Gasteiger partial charge in [0.15, 0.2) is 6.29 Å². The molecule has 0 aromatic heterocycles. The van der Waals surface area contributed by atoms with Crippen LogP contribution in [0.4, 0.5) is 0 Å². The number of hydrogen-bond acceptors (Lipinski definition) is 7. The van der Waals surface area contributed by atoms with Crippen molar-refractivity contribution in [2.45, 2.75) is 219 Å². The van der Waals surface area contributed by atoms with Crippen molar-refractivity contribution in [2.24, 2.45) is 0 Å². The van der Waals surface area contributed by atoms with Crippen molar-refractivity contribution in [3.8, 4) is 0 Å². The second-order valence-electron chi connectivity index (χ2n) is 14.9. The van der Waals surface area contributed by atoms with Crippen molar-refractivity contribution < 1.29 is 24.9 Å². The van der Waals surface area contributed by atoms with E-state index in [0.29, 0.717) is 38.9 Å². The van der Waals surface area contributed by atoms with Crippen molar-refractivity contribution in [2.75, 3.05) is 45.9 Å². The second-order valence-corrected chi connectivity index (χ2v) is 14.9. The summed E-state index contributed by atoms with van der Waals surface area (Å²) in [7, 11) is 0. The van der Waals surface area contributed by atoms with Crippen LogP contribution in [0.5, 0.6) is 0 Å². The fourth-order valence-electron chi connectivity index (χ4n) is 6.23. The molecule has 0 rings (SSSR count). The van der Waals surface area contributed by atoms with Crippen LogP contribution in [0.1, 0.15) is 213 Å². The Morgan fingerprint density at radius 1 is 0.404 bits per heavy atom. The zero-order valence-corrected chi connectivity index (χ0v) is 34.6. The number of aliphatic hydroxyl groups excluding tert-OH is 2. The number of nitrogens with one attached hydrogen (secondary N) is 4. The predicted molar refractivity (Wildman–Crippen MR) is 222 cm³/mol. The lowest BCUT2D eigenvalue weighted by Gasteiger charge is -2.07. The van der Waals surface area contributed by atoms with Crippen molar-refractivity contribution >= 4 is 11.8 Å². The number of unbranched alkanes of at least 4 members (excludes halogenated alkanes) is 24. The Kier molecular flexibility index (Phi) is 48.5. The van der Waals surface area contributed by atoms with Crippen LogP contribution in [-0.4, -0.2) is 79.3 Å². The molecule has 0 aromatic rings. The van der Waals surface area contributed by atoms with E-state index < -0.39 is 6.29 Å². The van der Waals surface area contributed by atoms with E-state index in [-0.39, 0.29) is 18.4 Å². The molecule has 0 saturated heterocycles. The normalized spacial score (nSPS) is 11.1. The number of aliphatic hydroxyl groups is 3. The minimum Gasteiger partial charge on any atom is -0.395 e. The van der Waals surface area contributed by atoms with Gasteiger partial charge in [0.25, 0.3) is 0 Å². The van der Waals surface area contributed by atoms with Gasteiger partial charge in [-0.25, -0.2) is 0 Å². The molecule has 2 amide bonds. The summed E-state index contributed by atoms with van der Waals surface area (Å²) in [5.41, 5.74) is 0. The highest BCUT2D eigenvalue weighted by atomic mass is 16.5. The van der Waals surface area contributed by atoms with Gasteiger partial charge in [-0.2, -0.15) is 0 Å². The smallest absolute Gasteiger partial charge is 0.219 e. The molecule has 7 N–H and O–H groups in total. The first-order valence-corrected chi connectivity index (χ1v) is 22.4. The third kappa shape index (κ3) is 50.8. The Hall–Kier alpha value is -1.26. The average Bonchev–Trinajstić information content (AvgIpc) is 3.13. The van der Waals surface area contributed by atoms with Crippen LogP contribution < -0.4 is 21.3 Å². The molecule has 0 spiro atoms. The fourth-order valence-corrected chi connectivity index (χ4v) is 6.23. The molecule has 0 bridgehead atoms. The van der Waals surface area contributed by atoms with E-state index in [4.69, 9.17) is 15.3 Å². The fraction of sp³-hybridized carbons (Fsp3) is 0.953. The molecule has 0 heterocycles. The molecule has 0 unspecified atom stereocenters. The zero-order valence-electron chi connectivity index (χ0n) is 34.6. The van der Waals surface area contributed by atoms with E-state index in [1.54, 1.807) is 0 Å². The number of carbonyl (C=O) groups is 2. The van der Waals surface area contributed by atoms with Crippen LogP contribution in [0.15, 0.2) is 0 Å². The Morgan fingerprint density at radius 3 is 1.02 bits per heavy atom. The lowest BCUT2D eigenvalue weighted by molar-refractivity contribution is -0.122. The van der Waals surface area contributed by atoms with E-state index in [1.807, 2.05) is 0 Å². The monoisotopic (exact) mass is 743 g/mol. The molecule has 0 atom stereocenters. The number of amides is 2. The van der Waals surface area contributed by atoms with Crippen LogP contribution in [0.3, 0.4) is 0 Å². The highest BCUT2D eigenvalue weighted by Gasteiger charge is 2.02. The maximum atomic E-state index is 11.7. The molecule has 0 aliphatic carbocycles. The Balaban J connectivity index is 0. The molecular weight excluding hydrogens is 652 g/mol. The maximum absolute atomic E-state index is 11.7. The average molecular weight is 743 g/mol. The summed E-state index contributed by atoms with van der Waals surface area (Å²) in [5.74, 6) is 0.342. The molecule has 0 aliphatic heterocycles. The van der Waals surface area contributed by atoms with Gasteiger partial charge in [-0.3, -0.25) is 9.59 Å². The Morgan fingerprint density at radius 2 is 0.712 bits per heavy atom. The SMILES string of the molecule is CCCCCCCCCCCCCCCC(=O)NCCCNCCC(O)O.CCCCCCCCCCCCCCCC(=O)NCCCNCCO. The third-order valence-electron chi connectivity index (χ3n) is 9.59. The lowest BCUT2D eigenvalue weighted by Crippen LogP contribution is -2.28. The standard InChI is InChI=1S/C22H46N2O3.C21H44N2O2/c1-2-3-4-5-6-7-8-9-10-11-12-13-14-16-21(25)24-19-15-18-23-20-17-22(26)27;1-2-3-4-5-6-7-8-9-10-11-12-13-14-16-21(25)23-18-15-17-22-19-20-24/h22-23,26-27H,2-20H2,1H3,(H,24,25);22,24H,2-20H2,1H3,(H,23,25). The number of rotatable bonds is 41. The topological polar surface area (TPSA) is 143 Å². The maximum Gasteiger partial charge on any atom is 0.219 e. The van der Waals surface area contributed by atoms with E-state index >= 15 is 0 Å². The molecule has 52 heavy (non-hydrogen) atoms. The molecule has 312 valence electrons. The molecule has 0 aliphatic rings. The van der Waals surface area contributed by atoms with E-state index in [1.165, 1.54) is 148 Å². The van der Waals surface area contributed by atoms with E-state index in [9.17, 15) is 9.59 Å². The first-order valence-electron chi connectivity index (χ1n) is 22.4. The van der Waals surface area contributed by atoms with Crippen LogP contribution in [-0.2, 0) is 9.59 Å². The molecule has 0 radical (unpaired) electrons. The first-order chi connectivity index (χ1) is 25.5. The molecule has 9 nitrogen and oxygen atoms in total. The van der Waals surface area contributed by atoms with Crippen LogP contribution in [0.25, 0.3) is 0 Å². The summed E-state index contributed by atoms with van der Waals surface area (Å²) in [6.45, 7) is 8.98. The Labute approximate surface area is 322 Å². The second kappa shape index (κ2) is 47.8. The van der Waals surface area contributed by atoms with Gasteiger partial charge in [0, 0.05) is 38.9 Å². The molecule has 0 fully saturated rings. The summed E-state index contributed by atoms with van der Waals surface area (Å²) >= 11 is 0. The van der Waals surface area contributed by atoms with Crippen molar-refractivity contribution in [3.05, 3.63) is 0 Å². The van der Waals surface area contributed by atoms with Gasteiger partial charge in [0.05, 0.1) is 6.61 Å². The van der Waals surface area contributed by atoms with Gasteiger partial charge >= 0.3 is 0 Å². The van der Waals surface area contributed by atoms with Gasteiger partial charge in [-0.15, -0.1) is 0 Å². The van der Waals surface area contributed by atoms with Gasteiger partial charge in [0.1, 0.15) is 0 Å². The highest BCUT2D eigenvalue weighted by molar-refractivity contribution is 5.76. The molecular formula is C43H90N4O5. The van der Waals surface area contributed by atoms with Crippen molar-refractivity contribution in [3.63, 3.8) is 0 Å². The van der Waals surface area contributed by atoms with Gasteiger partial charge in [-0.1, -0.05) is 168 Å². The minimum absolute atomic E-state index is 0.156. The summed E-state index contributed by atoms with van der Waals surface area (Å²) < 4.78 is 0. The molecule has 0 aromatic carbocycles. The summed E-state index contributed by atoms with van der Waals surface area (Å²) in [6, 6.07) is 0. The van der Waals surface area contributed by atoms with Gasteiger partial charge in [0.2, 0.25) is 11.8 Å². The minimum atomic E-state index is -1.24. The Bertz CT molecular complexity index is 698. The predicted octanol–water partition coefficient (Wildman–Crippen LogP) is 8.82. The van der Waals surface area contributed by atoms with Gasteiger partial charge < -0.3 is 36.6 Å². The first kappa shape index (κ1) is 52.8. The van der Waals surface area contributed by atoms with E-state index in [0.717, 1.165) is 51.7 Å². The lowest BCUT2D eigenvalue weighted by atomic mass is 10.0. The summed E-state index contributed by atoms with van der Waals surface area (Å²) in [5, 5.41) is 38.2. The third-order valence-corrected chi connectivity index (χ3v) is 9.59. The molecule has 0 saturated carbocycles. The zero-order chi connectivity index (χ0) is 38.4. The van der Waals surface area contributed by atoms with Gasteiger partial charge in [-0.05, 0) is 45.3 Å². The largest absolute Gasteiger partial charge is 0.395 e. The quantitative estimate of drug-likeness (QED) is 0.0245. The van der Waals surface area contributed by atoms with Crippen molar-refractivity contribution in [1.29, 1.82) is 0 Å². The number of hydrogen-bond donors (Lipinski definition) is 7. The van der Waals surface area contributed by atoms with Crippen LogP contribution >= 0.6 is 0 Å². The van der Waals surface area contributed by atoms with Crippen LogP contribution in [0, 0.1) is 0 Å².